The fourth-order valence-corrected chi connectivity index (χ4v) is 2.48. The van der Waals surface area contributed by atoms with Crippen LogP contribution in [0.1, 0.15) is 25.1 Å². The van der Waals surface area contributed by atoms with Crippen LogP contribution in [-0.2, 0) is 11.2 Å². The Balaban J connectivity index is 1.88. The Morgan fingerprint density at radius 2 is 2.12 bits per heavy atom. The molecule has 0 fully saturated rings. The molecule has 0 spiro atoms. The van der Waals surface area contributed by atoms with Crippen molar-refractivity contribution in [3.8, 4) is 0 Å². The van der Waals surface area contributed by atoms with Crippen molar-refractivity contribution in [1.82, 2.24) is 5.32 Å². The minimum Gasteiger partial charge on any atom is -0.380 e. The summed E-state index contributed by atoms with van der Waals surface area (Å²) in [5.74, 6) is 0.728. The van der Waals surface area contributed by atoms with Gasteiger partial charge in [-0.05, 0) is 30.9 Å². The van der Waals surface area contributed by atoms with Crippen LogP contribution in [-0.4, -0.2) is 26.3 Å². The van der Waals surface area contributed by atoms with E-state index < -0.39 is 0 Å². The van der Waals surface area contributed by atoms with E-state index in [0.29, 0.717) is 0 Å². The molecule has 0 atom stereocenters. The molecule has 1 N–H and O–H groups in total. The molecule has 0 unspecified atom stereocenters. The molecule has 1 aromatic rings. The second kappa shape index (κ2) is 8.92. The number of halogens is 1. The standard InChI is InChI=1S/C13H22ClNOS/c1-11(2)6-9-16-10-8-15-7-5-12-3-4-13(14)17-12/h3-4,11,15H,5-10H2,1-2H3. The zero-order valence-corrected chi connectivity index (χ0v) is 12.2. The average molecular weight is 276 g/mol. The van der Waals surface area contributed by atoms with Crippen LogP contribution in [0.3, 0.4) is 0 Å². The summed E-state index contributed by atoms with van der Waals surface area (Å²) < 4.78 is 6.39. The van der Waals surface area contributed by atoms with E-state index in [0.717, 1.165) is 49.4 Å². The Bertz CT molecular complexity index is 301. The maximum Gasteiger partial charge on any atom is 0.0931 e. The Morgan fingerprint density at radius 1 is 1.29 bits per heavy atom. The van der Waals surface area contributed by atoms with Crippen LogP contribution < -0.4 is 5.32 Å². The van der Waals surface area contributed by atoms with E-state index >= 15 is 0 Å². The molecule has 1 rings (SSSR count). The first kappa shape index (κ1) is 15.0. The molecule has 2 nitrogen and oxygen atoms in total. The van der Waals surface area contributed by atoms with E-state index in [4.69, 9.17) is 16.3 Å². The third-order valence-electron chi connectivity index (χ3n) is 2.44. The highest BCUT2D eigenvalue weighted by atomic mass is 35.5. The Hall–Kier alpha value is -0.0900. The Labute approximate surface area is 113 Å². The fraction of sp³-hybridized carbons (Fsp3) is 0.692. The Kier molecular flexibility index (Phi) is 7.86. The molecule has 1 aromatic heterocycles. The maximum atomic E-state index is 5.86. The molecule has 98 valence electrons. The van der Waals surface area contributed by atoms with Crippen molar-refractivity contribution in [2.45, 2.75) is 26.7 Å². The molecule has 4 heteroatoms. The van der Waals surface area contributed by atoms with Crippen LogP contribution in [0.5, 0.6) is 0 Å². The molecular weight excluding hydrogens is 254 g/mol. The van der Waals surface area contributed by atoms with E-state index in [2.05, 4.69) is 25.2 Å². The lowest BCUT2D eigenvalue weighted by atomic mass is 10.1. The molecule has 0 bridgehead atoms. The first-order chi connectivity index (χ1) is 8.18. The smallest absolute Gasteiger partial charge is 0.0931 e. The normalized spacial score (nSPS) is 11.3. The molecule has 0 aliphatic carbocycles. The number of rotatable bonds is 9. The van der Waals surface area contributed by atoms with Crippen molar-refractivity contribution in [1.29, 1.82) is 0 Å². The molecule has 17 heavy (non-hydrogen) atoms. The average Bonchev–Trinajstić information content (AvgIpc) is 2.68. The topological polar surface area (TPSA) is 21.3 Å². The van der Waals surface area contributed by atoms with Gasteiger partial charge in [-0.3, -0.25) is 0 Å². The summed E-state index contributed by atoms with van der Waals surface area (Å²) in [6.45, 7) is 8.03. The molecule has 0 aromatic carbocycles. The summed E-state index contributed by atoms with van der Waals surface area (Å²) in [4.78, 5) is 1.34. The molecule has 0 aliphatic rings. The van der Waals surface area contributed by atoms with E-state index in [1.165, 1.54) is 4.88 Å². The van der Waals surface area contributed by atoms with Crippen molar-refractivity contribution >= 4 is 22.9 Å². The molecule has 0 aliphatic heterocycles. The van der Waals surface area contributed by atoms with E-state index in [1.807, 2.05) is 6.07 Å². The van der Waals surface area contributed by atoms with Gasteiger partial charge in [-0.15, -0.1) is 11.3 Å². The van der Waals surface area contributed by atoms with Gasteiger partial charge in [0.25, 0.3) is 0 Å². The van der Waals surface area contributed by atoms with Crippen molar-refractivity contribution in [3.05, 3.63) is 21.3 Å². The van der Waals surface area contributed by atoms with Gasteiger partial charge in [0.05, 0.1) is 10.9 Å². The molecule has 0 radical (unpaired) electrons. The first-order valence-corrected chi connectivity index (χ1v) is 7.40. The number of hydrogen-bond donors (Lipinski definition) is 1. The lowest BCUT2D eigenvalue weighted by Crippen LogP contribution is -2.22. The van der Waals surface area contributed by atoms with Gasteiger partial charge in [-0.25, -0.2) is 0 Å². The molecular formula is C13H22ClNOS. The quantitative estimate of drug-likeness (QED) is 0.696. The van der Waals surface area contributed by atoms with Gasteiger partial charge in [0, 0.05) is 24.6 Å². The molecule has 0 amide bonds. The minimum atomic E-state index is 0.728. The zero-order chi connectivity index (χ0) is 12.5. The fourth-order valence-electron chi connectivity index (χ4n) is 1.39. The number of nitrogens with one attached hydrogen (secondary N) is 1. The van der Waals surface area contributed by atoms with Crippen LogP contribution >= 0.6 is 22.9 Å². The summed E-state index contributed by atoms with van der Waals surface area (Å²) in [7, 11) is 0. The van der Waals surface area contributed by atoms with E-state index in [9.17, 15) is 0 Å². The summed E-state index contributed by atoms with van der Waals surface area (Å²) in [6.07, 6.45) is 2.19. The lowest BCUT2D eigenvalue weighted by Gasteiger charge is -2.07. The van der Waals surface area contributed by atoms with Crippen LogP contribution in [0.15, 0.2) is 12.1 Å². The second-order valence-corrected chi connectivity index (χ2v) is 6.30. The molecule has 0 saturated heterocycles. The first-order valence-electron chi connectivity index (χ1n) is 6.21. The zero-order valence-electron chi connectivity index (χ0n) is 10.7. The van der Waals surface area contributed by atoms with Crippen LogP contribution in [0.2, 0.25) is 4.34 Å². The minimum absolute atomic E-state index is 0.728. The lowest BCUT2D eigenvalue weighted by molar-refractivity contribution is 0.125. The third kappa shape index (κ3) is 7.77. The van der Waals surface area contributed by atoms with Crippen molar-refractivity contribution in [2.24, 2.45) is 5.92 Å². The highest BCUT2D eigenvalue weighted by Gasteiger charge is 1.97. The summed E-state index contributed by atoms with van der Waals surface area (Å²) in [6, 6.07) is 4.05. The van der Waals surface area contributed by atoms with Gasteiger partial charge in [-0.1, -0.05) is 25.4 Å². The molecule has 0 saturated carbocycles. The van der Waals surface area contributed by atoms with Gasteiger partial charge in [0.1, 0.15) is 0 Å². The third-order valence-corrected chi connectivity index (χ3v) is 3.73. The van der Waals surface area contributed by atoms with Gasteiger partial charge in [0.15, 0.2) is 0 Å². The van der Waals surface area contributed by atoms with Gasteiger partial charge >= 0.3 is 0 Å². The van der Waals surface area contributed by atoms with Gasteiger partial charge < -0.3 is 10.1 Å². The van der Waals surface area contributed by atoms with Crippen molar-refractivity contribution in [2.75, 3.05) is 26.3 Å². The summed E-state index contributed by atoms with van der Waals surface area (Å²) >= 11 is 7.52. The Morgan fingerprint density at radius 3 is 2.76 bits per heavy atom. The van der Waals surface area contributed by atoms with Gasteiger partial charge in [0.2, 0.25) is 0 Å². The SMILES string of the molecule is CC(C)CCOCCNCCc1ccc(Cl)s1. The molecule has 1 heterocycles. The largest absolute Gasteiger partial charge is 0.380 e. The second-order valence-electron chi connectivity index (χ2n) is 4.50. The summed E-state index contributed by atoms with van der Waals surface area (Å²) in [5.41, 5.74) is 0. The predicted molar refractivity (Wildman–Crippen MR) is 76.2 cm³/mol. The van der Waals surface area contributed by atoms with Crippen LogP contribution in [0, 0.1) is 5.92 Å². The number of thiophene rings is 1. The predicted octanol–water partition coefficient (Wildman–Crippen LogP) is 3.60. The van der Waals surface area contributed by atoms with Crippen molar-refractivity contribution < 1.29 is 4.74 Å². The monoisotopic (exact) mass is 275 g/mol. The van der Waals surface area contributed by atoms with E-state index in [1.54, 1.807) is 11.3 Å². The number of hydrogen-bond acceptors (Lipinski definition) is 3. The summed E-state index contributed by atoms with van der Waals surface area (Å²) in [5, 5.41) is 3.37. The van der Waals surface area contributed by atoms with Crippen LogP contribution in [0.4, 0.5) is 0 Å². The maximum absolute atomic E-state index is 5.86. The number of ether oxygens (including phenoxy) is 1. The van der Waals surface area contributed by atoms with Crippen LogP contribution in [0.25, 0.3) is 0 Å². The highest BCUT2D eigenvalue weighted by Crippen LogP contribution is 2.21. The van der Waals surface area contributed by atoms with Crippen molar-refractivity contribution in [3.63, 3.8) is 0 Å². The highest BCUT2D eigenvalue weighted by molar-refractivity contribution is 7.16. The van der Waals surface area contributed by atoms with Gasteiger partial charge in [-0.2, -0.15) is 0 Å². The van der Waals surface area contributed by atoms with E-state index in [-0.39, 0.29) is 0 Å².